The number of ether oxygens (including phenoxy) is 2. The molecule has 0 radical (unpaired) electrons. The van der Waals surface area contributed by atoms with Gasteiger partial charge in [0.1, 0.15) is 11.6 Å². The second-order valence-corrected chi connectivity index (χ2v) is 6.73. The van der Waals surface area contributed by atoms with Crippen molar-refractivity contribution in [3.8, 4) is 0 Å². The average molecular weight is 343 g/mol. The molecule has 25 heavy (non-hydrogen) atoms. The van der Waals surface area contributed by atoms with Crippen LogP contribution in [0.25, 0.3) is 0 Å². The number of hydrogen-bond acceptors (Lipinski definition) is 5. The molecule has 0 aliphatic carbocycles. The lowest BCUT2D eigenvalue weighted by Crippen LogP contribution is -2.51. The smallest absolute Gasteiger partial charge is 0.327 e. The van der Waals surface area contributed by atoms with E-state index in [0.29, 0.717) is 19.7 Å². The van der Waals surface area contributed by atoms with E-state index in [-0.39, 0.29) is 5.97 Å². The van der Waals surface area contributed by atoms with Gasteiger partial charge in [0.05, 0.1) is 19.9 Å². The highest BCUT2D eigenvalue weighted by molar-refractivity contribution is 5.78. The van der Waals surface area contributed by atoms with Crippen molar-refractivity contribution < 1.29 is 14.3 Å². The average Bonchev–Trinajstić information content (AvgIpc) is 3.04. The van der Waals surface area contributed by atoms with Crippen molar-refractivity contribution in [3.63, 3.8) is 0 Å². The summed E-state index contributed by atoms with van der Waals surface area (Å²) in [6.07, 6.45) is 3.79. The molecule has 3 rings (SSSR count). The van der Waals surface area contributed by atoms with E-state index in [0.717, 1.165) is 16.7 Å². The molecule has 1 aliphatic rings. The van der Waals surface area contributed by atoms with E-state index in [1.807, 2.05) is 57.6 Å². The molecule has 1 aliphatic heterocycles. The van der Waals surface area contributed by atoms with Crippen LogP contribution >= 0.6 is 0 Å². The molecule has 0 spiro atoms. The monoisotopic (exact) mass is 343 g/mol. The molecule has 0 amide bonds. The van der Waals surface area contributed by atoms with Gasteiger partial charge in [-0.15, -0.1) is 0 Å². The Morgan fingerprint density at radius 1 is 1.40 bits per heavy atom. The number of aromatic nitrogens is 2. The molecule has 0 N–H and O–H groups in total. The number of aryl methyl sites for hydroxylation is 2. The molecule has 1 aromatic heterocycles. The van der Waals surface area contributed by atoms with Crippen LogP contribution in [0.15, 0.2) is 36.7 Å². The largest absolute Gasteiger partial charge is 0.468 e. The van der Waals surface area contributed by atoms with Gasteiger partial charge in [0.25, 0.3) is 0 Å². The Kier molecular flexibility index (Phi) is 4.92. The number of methoxy groups -OCH3 is 1. The highest BCUT2D eigenvalue weighted by Crippen LogP contribution is 2.34. The number of rotatable bonds is 4. The lowest BCUT2D eigenvalue weighted by Gasteiger charge is -2.43. The Balaban J connectivity index is 1.94. The van der Waals surface area contributed by atoms with Crippen LogP contribution < -0.4 is 0 Å². The molecule has 2 atom stereocenters. The molecule has 2 heterocycles. The van der Waals surface area contributed by atoms with Gasteiger partial charge in [-0.1, -0.05) is 24.3 Å². The number of nitrogens with zero attached hydrogens (tertiary/aromatic N) is 3. The van der Waals surface area contributed by atoms with Crippen LogP contribution in [-0.2, 0) is 26.9 Å². The third-order valence-corrected chi connectivity index (χ3v) is 4.89. The summed E-state index contributed by atoms with van der Waals surface area (Å²) in [4.78, 5) is 14.7. The van der Waals surface area contributed by atoms with Crippen molar-refractivity contribution in [3.05, 3.63) is 53.3 Å². The zero-order chi connectivity index (χ0) is 18.0. The second kappa shape index (κ2) is 6.98. The van der Waals surface area contributed by atoms with Crippen LogP contribution in [0, 0.1) is 6.92 Å². The van der Waals surface area contributed by atoms with Crippen molar-refractivity contribution >= 4 is 5.97 Å². The van der Waals surface area contributed by atoms with E-state index >= 15 is 0 Å². The first-order chi connectivity index (χ1) is 11.9. The van der Waals surface area contributed by atoms with E-state index in [1.54, 1.807) is 4.68 Å². The fourth-order valence-corrected chi connectivity index (χ4v) is 3.47. The predicted molar refractivity (Wildman–Crippen MR) is 94.0 cm³/mol. The van der Waals surface area contributed by atoms with Gasteiger partial charge in [-0.25, -0.2) is 4.79 Å². The van der Waals surface area contributed by atoms with Crippen LogP contribution in [0.4, 0.5) is 0 Å². The van der Waals surface area contributed by atoms with Crippen molar-refractivity contribution in [1.82, 2.24) is 14.7 Å². The van der Waals surface area contributed by atoms with Crippen molar-refractivity contribution in [2.24, 2.45) is 7.05 Å². The predicted octanol–water partition coefficient (Wildman–Crippen LogP) is 2.19. The van der Waals surface area contributed by atoms with Gasteiger partial charge in [-0.2, -0.15) is 5.10 Å². The van der Waals surface area contributed by atoms with Crippen LogP contribution in [0.5, 0.6) is 0 Å². The second-order valence-electron chi connectivity index (χ2n) is 6.73. The van der Waals surface area contributed by atoms with Crippen LogP contribution in [-0.4, -0.2) is 47.5 Å². The van der Waals surface area contributed by atoms with E-state index in [2.05, 4.69) is 10.00 Å². The molecule has 134 valence electrons. The molecular weight excluding hydrogens is 318 g/mol. The Morgan fingerprint density at radius 2 is 2.16 bits per heavy atom. The third kappa shape index (κ3) is 3.45. The van der Waals surface area contributed by atoms with E-state index in [1.165, 1.54) is 7.11 Å². The van der Waals surface area contributed by atoms with Gasteiger partial charge >= 0.3 is 5.97 Å². The number of carbonyl (C=O) groups excluding carboxylic acids is 1. The fourth-order valence-electron chi connectivity index (χ4n) is 3.47. The van der Waals surface area contributed by atoms with Gasteiger partial charge in [-0.3, -0.25) is 9.58 Å². The number of esters is 1. The molecular formula is C19H25N3O3. The summed E-state index contributed by atoms with van der Waals surface area (Å²) < 4.78 is 13.0. The third-order valence-electron chi connectivity index (χ3n) is 4.89. The lowest BCUT2D eigenvalue weighted by atomic mass is 9.93. The first-order valence-corrected chi connectivity index (χ1v) is 8.45. The summed E-state index contributed by atoms with van der Waals surface area (Å²) in [5.41, 5.74) is 2.55. The standard InChI is InChI=1S/C19H25N3O3/c1-14-7-5-6-8-16(14)17(18(23)24-4)22-9-10-25-19(2,13-22)15-11-20-21(3)12-15/h5-8,11-12,17H,9-10,13H2,1-4H3/t17-,19-/m0/s1. The lowest BCUT2D eigenvalue weighted by molar-refractivity contribution is -0.157. The van der Waals surface area contributed by atoms with Crippen LogP contribution in [0.3, 0.4) is 0 Å². The first kappa shape index (κ1) is 17.6. The topological polar surface area (TPSA) is 56.6 Å². The highest BCUT2D eigenvalue weighted by Gasteiger charge is 2.40. The maximum Gasteiger partial charge on any atom is 0.327 e. The minimum atomic E-state index is -0.512. The van der Waals surface area contributed by atoms with Crippen molar-refractivity contribution in [2.45, 2.75) is 25.5 Å². The van der Waals surface area contributed by atoms with E-state index in [4.69, 9.17) is 9.47 Å². The Hall–Kier alpha value is -2.18. The number of carbonyl (C=O) groups is 1. The minimum Gasteiger partial charge on any atom is -0.468 e. The zero-order valence-corrected chi connectivity index (χ0v) is 15.2. The van der Waals surface area contributed by atoms with Crippen LogP contribution in [0.2, 0.25) is 0 Å². The molecule has 0 unspecified atom stereocenters. The SMILES string of the molecule is COC(=O)[C@H](c1ccccc1C)N1CCO[C@](C)(c2cnn(C)c2)C1. The molecule has 0 bridgehead atoms. The fraction of sp³-hybridized carbons (Fsp3) is 0.474. The maximum absolute atomic E-state index is 12.6. The number of benzene rings is 1. The molecule has 6 heteroatoms. The minimum absolute atomic E-state index is 0.246. The zero-order valence-electron chi connectivity index (χ0n) is 15.2. The summed E-state index contributed by atoms with van der Waals surface area (Å²) in [5.74, 6) is -0.246. The summed E-state index contributed by atoms with van der Waals surface area (Å²) in [6, 6.07) is 7.51. The maximum atomic E-state index is 12.6. The summed E-state index contributed by atoms with van der Waals surface area (Å²) >= 11 is 0. The summed E-state index contributed by atoms with van der Waals surface area (Å²) in [7, 11) is 3.33. The van der Waals surface area contributed by atoms with Gasteiger partial charge in [0, 0.05) is 31.9 Å². The quantitative estimate of drug-likeness (QED) is 0.797. The Bertz CT molecular complexity index is 758. The van der Waals surface area contributed by atoms with Gasteiger partial charge in [-0.05, 0) is 25.0 Å². The highest BCUT2D eigenvalue weighted by atomic mass is 16.5. The number of morpholine rings is 1. The van der Waals surface area contributed by atoms with E-state index in [9.17, 15) is 4.79 Å². The molecule has 1 aromatic carbocycles. The van der Waals surface area contributed by atoms with Gasteiger partial charge in [0.15, 0.2) is 0 Å². The van der Waals surface area contributed by atoms with Gasteiger partial charge < -0.3 is 9.47 Å². The summed E-state index contributed by atoms with van der Waals surface area (Å²) in [5, 5.41) is 4.26. The molecule has 2 aromatic rings. The van der Waals surface area contributed by atoms with Crippen molar-refractivity contribution in [1.29, 1.82) is 0 Å². The molecule has 0 saturated carbocycles. The normalized spacial score (nSPS) is 22.6. The molecule has 1 fully saturated rings. The first-order valence-electron chi connectivity index (χ1n) is 8.45. The Morgan fingerprint density at radius 3 is 2.80 bits per heavy atom. The van der Waals surface area contributed by atoms with Crippen molar-refractivity contribution in [2.75, 3.05) is 26.8 Å². The Labute approximate surface area is 148 Å². The van der Waals surface area contributed by atoms with Crippen LogP contribution in [0.1, 0.15) is 29.7 Å². The van der Waals surface area contributed by atoms with E-state index < -0.39 is 11.6 Å². The summed E-state index contributed by atoms with van der Waals surface area (Å²) in [6.45, 7) is 5.87. The number of hydrogen-bond donors (Lipinski definition) is 0. The van der Waals surface area contributed by atoms with Gasteiger partial charge in [0.2, 0.25) is 0 Å². The molecule has 1 saturated heterocycles. The molecule has 6 nitrogen and oxygen atoms in total.